The molecule has 0 radical (unpaired) electrons. The first kappa shape index (κ1) is 16.2. The smallest absolute Gasteiger partial charge is 0.0514 e. The Morgan fingerprint density at radius 2 is 2.22 bits per heavy atom. The van der Waals surface area contributed by atoms with Crippen molar-refractivity contribution >= 4 is 0 Å². The molecule has 23 heavy (non-hydrogen) atoms. The highest BCUT2D eigenvalue weighted by Crippen LogP contribution is 2.27. The standard InChI is InChI=1S/C20H26N2O/c1-15-8-9-16(13-21-15)12-18-10-11-20(22-18)19(14-23)17-6-4-2-3-5-7-17/h2-4,6-9,13,18-20,22-23H,5,10-12,14H2,1H3. The van der Waals surface area contributed by atoms with Gasteiger partial charge in [0.2, 0.25) is 0 Å². The first-order valence-electron chi connectivity index (χ1n) is 8.58. The molecule has 122 valence electrons. The number of aliphatic hydroxyl groups is 1. The van der Waals surface area contributed by atoms with Crippen molar-refractivity contribution in [1.82, 2.24) is 10.3 Å². The number of aromatic nitrogens is 1. The number of hydrogen-bond donors (Lipinski definition) is 2. The molecule has 2 heterocycles. The maximum Gasteiger partial charge on any atom is 0.0514 e. The predicted molar refractivity (Wildman–Crippen MR) is 94.2 cm³/mol. The van der Waals surface area contributed by atoms with Crippen molar-refractivity contribution in [3.8, 4) is 0 Å². The van der Waals surface area contributed by atoms with E-state index in [9.17, 15) is 5.11 Å². The van der Waals surface area contributed by atoms with Crippen molar-refractivity contribution in [1.29, 1.82) is 0 Å². The molecule has 3 unspecified atom stereocenters. The molecule has 1 fully saturated rings. The third-order valence-electron chi connectivity index (χ3n) is 4.87. The predicted octanol–water partition coefficient (Wildman–Crippen LogP) is 3.10. The van der Waals surface area contributed by atoms with E-state index in [-0.39, 0.29) is 12.5 Å². The van der Waals surface area contributed by atoms with Crippen LogP contribution in [0, 0.1) is 12.8 Å². The first-order chi connectivity index (χ1) is 11.3. The second-order valence-electron chi connectivity index (χ2n) is 6.58. The lowest BCUT2D eigenvalue weighted by Gasteiger charge is -2.24. The lowest BCUT2D eigenvalue weighted by Crippen LogP contribution is -2.38. The summed E-state index contributed by atoms with van der Waals surface area (Å²) in [6.45, 7) is 2.22. The summed E-state index contributed by atoms with van der Waals surface area (Å²) in [7, 11) is 0. The van der Waals surface area contributed by atoms with Crippen molar-refractivity contribution in [2.24, 2.45) is 5.92 Å². The Bertz CT molecular complexity index is 601. The van der Waals surface area contributed by atoms with Gasteiger partial charge in [0.1, 0.15) is 0 Å². The molecule has 0 bridgehead atoms. The zero-order valence-electron chi connectivity index (χ0n) is 13.8. The van der Waals surface area contributed by atoms with Crippen LogP contribution in [-0.4, -0.2) is 28.8 Å². The molecule has 0 amide bonds. The highest BCUT2D eigenvalue weighted by molar-refractivity contribution is 5.30. The Labute approximate surface area is 138 Å². The Hall–Kier alpha value is -1.71. The number of rotatable bonds is 5. The van der Waals surface area contributed by atoms with Crippen molar-refractivity contribution in [3.63, 3.8) is 0 Å². The topological polar surface area (TPSA) is 45.1 Å². The fourth-order valence-electron chi connectivity index (χ4n) is 3.57. The van der Waals surface area contributed by atoms with E-state index in [4.69, 9.17) is 0 Å². The van der Waals surface area contributed by atoms with E-state index in [1.807, 2.05) is 13.1 Å². The van der Waals surface area contributed by atoms with Crippen molar-refractivity contribution in [2.45, 2.75) is 44.7 Å². The molecule has 0 saturated carbocycles. The molecule has 2 N–H and O–H groups in total. The van der Waals surface area contributed by atoms with Gasteiger partial charge in [-0.2, -0.15) is 0 Å². The first-order valence-corrected chi connectivity index (χ1v) is 8.58. The van der Waals surface area contributed by atoms with Crippen LogP contribution >= 0.6 is 0 Å². The summed E-state index contributed by atoms with van der Waals surface area (Å²) in [6.07, 6.45) is 16.9. The van der Waals surface area contributed by atoms with E-state index < -0.39 is 0 Å². The van der Waals surface area contributed by atoms with Crippen LogP contribution in [0.1, 0.15) is 30.5 Å². The van der Waals surface area contributed by atoms with Crippen LogP contribution in [0.3, 0.4) is 0 Å². The van der Waals surface area contributed by atoms with Gasteiger partial charge in [-0.3, -0.25) is 4.98 Å². The van der Waals surface area contributed by atoms with Gasteiger partial charge in [0.05, 0.1) is 6.61 Å². The molecule has 1 saturated heterocycles. The molecule has 2 aliphatic rings. The van der Waals surface area contributed by atoms with Crippen molar-refractivity contribution in [3.05, 3.63) is 65.5 Å². The summed E-state index contributed by atoms with van der Waals surface area (Å²) in [5, 5.41) is 13.6. The molecule has 3 heteroatoms. The van der Waals surface area contributed by atoms with Gasteiger partial charge in [-0.15, -0.1) is 0 Å². The molecule has 1 aliphatic heterocycles. The number of nitrogens with zero attached hydrogens (tertiary/aromatic N) is 1. The molecule has 0 spiro atoms. The van der Waals surface area contributed by atoms with Gasteiger partial charge in [0.25, 0.3) is 0 Å². The minimum absolute atomic E-state index is 0.187. The van der Waals surface area contributed by atoms with Crippen LogP contribution in [0.2, 0.25) is 0 Å². The number of nitrogens with one attached hydrogen (secondary N) is 1. The summed E-state index contributed by atoms with van der Waals surface area (Å²) in [6, 6.07) is 5.08. The van der Waals surface area contributed by atoms with Gasteiger partial charge < -0.3 is 10.4 Å². The minimum atomic E-state index is 0.187. The van der Waals surface area contributed by atoms with Crippen LogP contribution in [0.25, 0.3) is 0 Å². The van der Waals surface area contributed by atoms with Crippen LogP contribution in [-0.2, 0) is 6.42 Å². The van der Waals surface area contributed by atoms with Gasteiger partial charge in [-0.05, 0) is 49.8 Å². The largest absolute Gasteiger partial charge is 0.396 e. The van der Waals surface area contributed by atoms with Crippen LogP contribution in [0.4, 0.5) is 0 Å². The van der Waals surface area contributed by atoms with Gasteiger partial charge in [-0.25, -0.2) is 0 Å². The van der Waals surface area contributed by atoms with Crippen molar-refractivity contribution < 1.29 is 5.11 Å². The van der Waals surface area contributed by atoms with Crippen LogP contribution < -0.4 is 5.32 Å². The zero-order chi connectivity index (χ0) is 16.1. The average Bonchev–Trinajstić information content (AvgIpc) is 2.84. The number of aliphatic hydroxyl groups excluding tert-OH is 1. The summed E-state index contributed by atoms with van der Waals surface area (Å²) < 4.78 is 0. The minimum Gasteiger partial charge on any atom is -0.396 e. The van der Waals surface area contributed by atoms with Crippen molar-refractivity contribution in [2.75, 3.05) is 6.61 Å². The molecule has 1 aromatic rings. The molecule has 3 rings (SSSR count). The molecule has 3 atom stereocenters. The SMILES string of the molecule is Cc1ccc(CC2CCC(C(CO)C3=CCC=CC=C3)N2)cn1. The second-order valence-corrected chi connectivity index (χ2v) is 6.58. The third-order valence-corrected chi connectivity index (χ3v) is 4.87. The maximum atomic E-state index is 9.89. The van der Waals surface area contributed by atoms with Gasteiger partial charge in [0, 0.05) is 29.9 Å². The number of allylic oxidation sites excluding steroid dienone is 5. The molecular weight excluding hydrogens is 284 g/mol. The van der Waals surface area contributed by atoms with E-state index in [1.54, 1.807) is 0 Å². The Morgan fingerprint density at radius 3 is 3.00 bits per heavy atom. The lowest BCUT2D eigenvalue weighted by atomic mass is 9.90. The highest BCUT2D eigenvalue weighted by atomic mass is 16.3. The summed E-state index contributed by atoms with van der Waals surface area (Å²) in [5.74, 6) is 0.187. The van der Waals surface area contributed by atoms with Gasteiger partial charge in [-0.1, -0.05) is 36.4 Å². The Balaban J connectivity index is 1.61. The lowest BCUT2D eigenvalue weighted by molar-refractivity contribution is 0.219. The molecular formula is C20H26N2O. The molecule has 3 nitrogen and oxygen atoms in total. The quantitative estimate of drug-likeness (QED) is 0.878. The average molecular weight is 310 g/mol. The third kappa shape index (κ3) is 4.18. The maximum absolute atomic E-state index is 9.89. The highest BCUT2D eigenvalue weighted by Gasteiger charge is 2.31. The van der Waals surface area contributed by atoms with E-state index >= 15 is 0 Å². The zero-order valence-corrected chi connectivity index (χ0v) is 13.8. The van der Waals surface area contributed by atoms with E-state index in [0.29, 0.717) is 12.1 Å². The van der Waals surface area contributed by atoms with Gasteiger partial charge in [0.15, 0.2) is 0 Å². The fourth-order valence-corrected chi connectivity index (χ4v) is 3.57. The second kappa shape index (κ2) is 7.71. The van der Waals surface area contributed by atoms with Crippen LogP contribution in [0.5, 0.6) is 0 Å². The molecule has 1 aliphatic carbocycles. The van der Waals surface area contributed by atoms with E-state index in [1.165, 1.54) is 11.1 Å². The van der Waals surface area contributed by atoms with E-state index in [2.05, 4.69) is 52.8 Å². The number of aryl methyl sites for hydroxylation is 1. The fraction of sp³-hybridized carbons (Fsp3) is 0.450. The number of hydrogen-bond acceptors (Lipinski definition) is 3. The summed E-state index contributed by atoms with van der Waals surface area (Å²) in [5.41, 5.74) is 3.60. The van der Waals surface area contributed by atoms with Crippen LogP contribution in [0.15, 0.2) is 54.3 Å². The Morgan fingerprint density at radius 1 is 1.30 bits per heavy atom. The summed E-state index contributed by atoms with van der Waals surface area (Å²) in [4.78, 5) is 4.38. The summed E-state index contributed by atoms with van der Waals surface area (Å²) >= 11 is 0. The van der Waals surface area contributed by atoms with Gasteiger partial charge >= 0.3 is 0 Å². The number of pyridine rings is 1. The monoisotopic (exact) mass is 310 g/mol. The van der Waals surface area contributed by atoms with E-state index in [0.717, 1.165) is 31.4 Å². The Kier molecular flexibility index (Phi) is 5.42. The molecule has 1 aromatic heterocycles. The normalized spacial score (nSPS) is 25.2. The molecule has 0 aromatic carbocycles.